The van der Waals surface area contributed by atoms with Crippen LogP contribution < -0.4 is 4.74 Å². The van der Waals surface area contributed by atoms with E-state index < -0.39 is 0 Å². The van der Waals surface area contributed by atoms with Crippen LogP contribution in [0.25, 0.3) is 0 Å². The van der Waals surface area contributed by atoms with Crippen molar-refractivity contribution in [2.45, 2.75) is 32.7 Å². The number of aryl methyl sites for hydroxylation is 1. The smallest absolute Gasteiger partial charge is 0.222 e. The summed E-state index contributed by atoms with van der Waals surface area (Å²) >= 11 is 0. The molecule has 24 heavy (non-hydrogen) atoms. The molecule has 1 atom stereocenters. The van der Waals surface area contributed by atoms with Crippen LogP contribution in [0.1, 0.15) is 36.9 Å². The molecular weight excluding hydrogens is 305 g/mol. The number of benzene rings is 2. The molecule has 2 aromatic carbocycles. The third-order valence-electron chi connectivity index (χ3n) is 4.12. The summed E-state index contributed by atoms with van der Waals surface area (Å²) in [5, 5.41) is 0. The van der Waals surface area contributed by atoms with E-state index in [1.165, 1.54) is 12.1 Å². The summed E-state index contributed by atoms with van der Waals surface area (Å²) in [6.07, 6.45) is 1.08. The number of hydrogen-bond donors (Lipinski definition) is 0. The molecule has 1 unspecified atom stereocenters. The lowest BCUT2D eigenvalue weighted by Crippen LogP contribution is -2.29. The van der Waals surface area contributed by atoms with E-state index in [1.54, 1.807) is 24.1 Å². The van der Waals surface area contributed by atoms with E-state index in [0.29, 0.717) is 19.4 Å². The molecule has 0 radical (unpaired) electrons. The van der Waals surface area contributed by atoms with Crippen LogP contribution in [0, 0.1) is 12.7 Å². The molecule has 0 saturated heterocycles. The number of amides is 1. The van der Waals surface area contributed by atoms with Gasteiger partial charge in [-0.15, -0.1) is 0 Å². The van der Waals surface area contributed by atoms with Gasteiger partial charge < -0.3 is 9.64 Å². The van der Waals surface area contributed by atoms with Crippen molar-refractivity contribution in [2.75, 3.05) is 13.7 Å². The summed E-state index contributed by atoms with van der Waals surface area (Å²) in [6, 6.07) is 14.0. The van der Waals surface area contributed by atoms with Gasteiger partial charge in [0.2, 0.25) is 5.91 Å². The Hall–Kier alpha value is -2.36. The Morgan fingerprint density at radius 1 is 1.21 bits per heavy atom. The summed E-state index contributed by atoms with van der Waals surface area (Å²) in [6.45, 7) is 4.46. The highest BCUT2D eigenvalue weighted by Gasteiger charge is 2.17. The zero-order chi connectivity index (χ0) is 17.5. The number of carbonyl (C=O) groups is 1. The maximum Gasteiger partial charge on any atom is 0.222 e. The Balaban J connectivity index is 1.78. The quantitative estimate of drug-likeness (QED) is 0.699. The zero-order valence-corrected chi connectivity index (χ0v) is 14.5. The minimum Gasteiger partial charge on any atom is -0.494 e. The Morgan fingerprint density at radius 3 is 2.58 bits per heavy atom. The second-order valence-corrected chi connectivity index (χ2v) is 6.00. The molecule has 0 aromatic heterocycles. The van der Waals surface area contributed by atoms with Crippen molar-refractivity contribution >= 4 is 5.91 Å². The van der Waals surface area contributed by atoms with Gasteiger partial charge in [0.15, 0.2) is 0 Å². The summed E-state index contributed by atoms with van der Waals surface area (Å²) < 4.78 is 18.6. The summed E-state index contributed by atoms with van der Waals surface area (Å²) in [7, 11) is 1.78. The molecule has 0 aliphatic carbocycles. The van der Waals surface area contributed by atoms with Crippen molar-refractivity contribution in [1.82, 2.24) is 4.90 Å². The van der Waals surface area contributed by atoms with E-state index in [2.05, 4.69) is 0 Å². The molecule has 2 aromatic rings. The average molecular weight is 329 g/mol. The Kier molecular flexibility index (Phi) is 6.36. The van der Waals surface area contributed by atoms with E-state index in [4.69, 9.17) is 4.74 Å². The minimum absolute atomic E-state index is 0.0552. The fourth-order valence-corrected chi connectivity index (χ4v) is 2.48. The minimum atomic E-state index is -0.270. The highest BCUT2D eigenvalue weighted by atomic mass is 19.1. The van der Waals surface area contributed by atoms with Crippen LogP contribution in [0.15, 0.2) is 48.5 Å². The molecule has 128 valence electrons. The fraction of sp³-hybridized carbons (Fsp3) is 0.350. The van der Waals surface area contributed by atoms with Crippen molar-refractivity contribution in [3.63, 3.8) is 0 Å². The van der Waals surface area contributed by atoms with Crippen LogP contribution >= 0.6 is 0 Å². The second kappa shape index (κ2) is 8.48. The molecule has 0 aliphatic rings. The monoisotopic (exact) mass is 329 g/mol. The first-order chi connectivity index (χ1) is 11.5. The predicted molar refractivity (Wildman–Crippen MR) is 93.5 cm³/mol. The van der Waals surface area contributed by atoms with Gasteiger partial charge in [-0.2, -0.15) is 0 Å². The van der Waals surface area contributed by atoms with Crippen molar-refractivity contribution in [2.24, 2.45) is 0 Å². The molecule has 0 heterocycles. The van der Waals surface area contributed by atoms with Crippen LogP contribution in [-0.4, -0.2) is 24.5 Å². The lowest BCUT2D eigenvalue weighted by atomic mass is 10.1. The number of carbonyl (C=O) groups excluding carboxylic acids is 1. The fourth-order valence-electron chi connectivity index (χ4n) is 2.48. The highest BCUT2D eigenvalue weighted by Crippen LogP contribution is 2.20. The van der Waals surface area contributed by atoms with Gasteiger partial charge in [-0.25, -0.2) is 4.39 Å². The maximum atomic E-state index is 13.0. The molecule has 4 heteroatoms. The van der Waals surface area contributed by atoms with Crippen LogP contribution in [0.2, 0.25) is 0 Å². The van der Waals surface area contributed by atoms with Crippen molar-refractivity contribution in [3.8, 4) is 5.75 Å². The maximum absolute atomic E-state index is 13.0. The zero-order valence-electron chi connectivity index (χ0n) is 14.5. The molecule has 0 spiro atoms. The first-order valence-corrected chi connectivity index (χ1v) is 8.18. The van der Waals surface area contributed by atoms with Gasteiger partial charge in [0, 0.05) is 13.5 Å². The summed E-state index contributed by atoms with van der Waals surface area (Å²) in [5.74, 6) is 0.614. The third-order valence-corrected chi connectivity index (χ3v) is 4.12. The largest absolute Gasteiger partial charge is 0.494 e. The normalized spacial score (nSPS) is 11.8. The predicted octanol–water partition coefficient (Wildman–Crippen LogP) is 4.51. The molecule has 2 rings (SSSR count). The molecule has 0 aliphatic heterocycles. The molecule has 0 fully saturated rings. The van der Waals surface area contributed by atoms with E-state index >= 15 is 0 Å². The Labute approximate surface area is 143 Å². The number of nitrogens with zero attached hydrogens (tertiary/aromatic N) is 1. The first kappa shape index (κ1) is 18.0. The van der Waals surface area contributed by atoms with Crippen molar-refractivity contribution in [1.29, 1.82) is 0 Å². The first-order valence-electron chi connectivity index (χ1n) is 8.18. The molecule has 1 amide bonds. The summed E-state index contributed by atoms with van der Waals surface area (Å²) in [5.41, 5.74) is 2.07. The molecule has 3 nitrogen and oxygen atoms in total. The van der Waals surface area contributed by atoms with E-state index in [1.807, 2.05) is 38.1 Å². The van der Waals surface area contributed by atoms with Crippen molar-refractivity contribution < 1.29 is 13.9 Å². The standard InChI is InChI=1S/C20H24FNO2/c1-15-6-4-7-19(14-15)24-13-5-8-20(23)22(3)16(2)17-9-11-18(21)12-10-17/h4,6-7,9-12,14,16H,5,8,13H2,1-3H3. The lowest BCUT2D eigenvalue weighted by Gasteiger charge is -2.25. The third kappa shape index (κ3) is 5.08. The second-order valence-electron chi connectivity index (χ2n) is 6.00. The van der Waals surface area contributed by atoms with Gasteiger partial charge in [-0.1, -0.05) is 24.3 Å². The van der Waals surface area contributed by atoms with E-state index in [9.17, 15) is 9.18 Å². The number of hydrogen-bond acceptors (Lipinski definition) is 2. The van der Waals surface area contributed by atoms with Crippen LogP contribution in [0.4, 0.5) is 4.39 Å². The topological polar surface area (TPSA) is 29.5 Å². The summed E-state index contributed by atoms with van der Waals surface area (Å²) in [4.78, 5) is 14.0. The van der Waals surface area contributed by atoms with Crippen molar-refractivity contribution in [3.05, 3.63) is 65.5 Å². The van der Waals surface area contributed by atoms with Gasteiger partial charge in [0.05, 0.1) is 12.6 Å². The molecule has 0 N–H and O–H groups in total. The van der Waals surface area contributed by atoms with Gasteiger partial charge in [0.1, 0.15) is 11.6 Å². The number of ether oxygens (including phenoxy) is 1. The van der Waals surface area contributed by atoms with Crippen LogP contribution in [-0.2, 0) is 4.79 Å². The molecular formula is C20H24FNO2. The van der Waals surface area contributed by atoms with E-state index in [0.717, 1.165) is 16.9 Å². The van der Waals surface area contributed by atoms with Gasteiger partial charge in [-0.05, 0) is 55.7 Å². The SMILES string of the molecule is Cc1cccc(OCCCC(=O)N(C)C(C)c2ccc(F)cc2)c1. The van der Waals surface area contributed by atoms with Crippen LogP contribution in [0.5, 0.6) is 5.75 Å². The number of halogens is 1. The van der Waals surface area contributed by atoms with Gasteiger partial charge >= 0.3 is 0 Å². The van der Waals surface area contributed by atoms with E-state index in [-0.39, 0.29) is 17.8 Å². The van der Waals surface area contributed by atoms with Crippen LogP contribution in [0.3, 0.4) is 0 Å². The molecule has 0 saturated carbocycles. The van der Waals surface area contributed by atoms with Gasteiger partial charge in [-0.3, -0.25) is 4.79 Å². The number of rotatable bonds is 7. The molecule has 0 bridgehead atoms. The lowest BCUT2D eigenvalue weighted by molar-refractivity contribution is -0.132. The Morgan fingerprint density at radius 2 is 1.92 bits per heavy atom. The average Bonchev–Trinajstić information content (AvgIpc) is 2.58. The highest BCUT2D eigenvalue weighted by molar-refractivity contribution is 5.76. The Bertz CT molecular complexity index is 670. The van der Waals surface area contributed by atoms with Gasteiger partial charge in [0.25, 0.3) is 0 Å².